The van der Waals surface area contributed by atoms with Gasteiger partial charge in [-0.15, -0.1) is 0 Å². The lowest BCUT2D eigenvalue weighted by Crippen LogP contribution is -2.47. The Kier molecular flexibility index (Phi) is 6.10. The molecule has 0 unspecified atom stereocenters. The molecule has 1 aliphatic heterocycles. The number of ether oxygens (including phenoxy) is 1. The second kappa shape index (κ2) is 8.57. The molecule has 3 rings (SSSR count). The average Bonchev–Trinajstić information content (AvgIpc) is 2.99. The maximum Gasteiger partial charge on any atom is 0.325 e. The predicted molar refractivity (Wildman–Crippen MR) is 114 cm³/mol. The number of carbonyl (C=O) groups is 3. The Morgan fingerprint density at radius 1 is 1.10 bits per heavy atom. The molecule has 1 N–H and O–H groups in total. The van der Waals surface area contributed by atoms with E-state index in [1.165, 1.54) is 0 Å². The minimum Gasteiger partial charge on any atom is -0.497 e. The Labute approximate surface area is 176 Å². The van der Waals surface area contributed by atoms with Crippen LogP contribution in [0.4, 0.5) is 10.5 Å². The van der Waals surface area contributed by atoms with Crippen LogP contribution >= 0.6 is 0 Å². The van der Waals surface area contributed by atoms with Crippen LogP contribution < -0.4 is 15.0 Å². The fourth-order valence-electron chi connectivity index (χ4n) is 3.81. The quantitative estimate of drug-likeness (QED) is 0.712. The van der Waals surface area contributed by atoms with Gasteiger partial charge in [0.05, 0.1) is 7.11 Å². The van der Waals surface area contributed by atoms with Gasteiger partial charge in [-0.2, -0.15) is 0 Å². The van der Waals surface area contributed by atoms with E-state index in [4.69, 9.17) is 4.74 Å². The SMILES string of the molecule is CC[C@]1(c2ccc(OC)cc2)NC(=O)N(CC(=O)N(c2ccccc2)C(C)C)C1=O. The second-order valence-electron chi connectivity index (χ2n) is 7.50. The van der Waals surface area contributed by atoms with E-state index >= 15 is 0 Å². The minimum atomic E-state index is -1.20. The van der Waals surface area contributed by atoms with Gasteiger partial charge in [0.1, 0.15) is 17.8 Å². The summed E-state index contributed by atoms with van der Waals surface area (Å²) in [7, 11) is 1.56. The van der Waals surface area contributed by atoms with Gasteiger partial charge in [-0.25, -0.2) is 4.79 Å². The maximum absolute atomic E-state index is 13.3. The summed E-state index contributed by atoms with van der Waals surface area (Å²) in [4.78, 5) is 41.7. The van der Waals surface area contributed by atoms with Crippen molar-refractivity contribution in [3.8, 4) is 5.75 Å². The van der Waals surface area contributed by atoms with Crippen LogP contribution in [0.3, 0.4) is 0 Å². The number of para-hydroxylation sites is 1. The lowest BCUT2D eigenvalue weighted by atomic mass is 9.87. The summed E-state index contributed by atoms with van der Waals surface area (Å²) in [6.45, 7) is 5.29. The number of anilines is 1. The molecule has 0 aromatic heterocycles. The molecule has 0 bridgehead atoms. The first-order valence-corrected chi connectivity index (χ1v) is 9.99. The standard InChI is InChI=1S/C23H27N3O4/c1-5-23(17-11-13-19(30-4)14-12-17)21(28)25(22(29)24-23)15-20(27)26(16(2)3)18-9-7-6-8-10-18/h6-14,16H,5,15H2,1-4H3,(H,24,29)/t23-/m1/s1. The number of methoxy groups -OCH3 is 1. The van der Waals surface area contributed by atoms with Gasteiger partial charge in [-0.05, 0) is 50.1 Å². The van der Waals surface area contributed by atoms with Crippen LogP contribution in [0.1, 0.15) is 32.8 Å². The number of hydrogen-bond acceptors (Lipinski definition) is 4. The molecule has 7 nitrogen and oxygen atoms in total. The first-order valence-electron chi connectivity index (χ1n) is 9.99. The Morgan fingerprint density at radius 3 is 2.27 bits per heavy atom. The number of urea groups is 1. The van der Waals surface area contributed by atoms with Crippen molar-refractivity contribution in [3.63, 3.8) is 0 Å². The number of hydrogen-bond donors (Lipinski definition) is 1. The molecule has 1 saturated heterocycles. The molecule has 158 valence electrons. The Balaban J connectivity index is 1.87. The van der Waals surface area contributed by atoms with Crippen LogP contribution in [-0.4, -0.2) is 42.4 Å². The van der Waals surface area contributed by atoms with E-state index in [0.29, 0.717) is 17.7 Å². The highest BCUT2D eigenvalue weighted by Gasteiger charge is 2.52. The number of carbonyl (C=O) groups excluding carboxylic acids is 3. The van der Waals surface area contributed by atoms with Gasteiger partial charge in [-0.1, -0.05) is 37.3 Å². The lowest BCUT2D eigenvalue weighted by molar-refractivity contribution is -0.134. The van der Waals surface area contributed by atoms with E-state index in [0.717, 1.165) is 10.6 Å². The van der Waals surface area contributed by atoms with Crippen molar-refractivity contribution in [2.24, 2.45) is 0 Å². The molecule has 1 fully saturated rings. The third-order valence-electron chi connectivity index (χ3n) is 5.40. The zero-order chi connectivity index (χ0) is 21.9. The van der Waals surface area contributed by atoms with Crippen LogP contribution in [0.5, 0.6) is 5.75 Å². The van der Waals surface area contributed by atoms with Crippen molar-refractivity contribution in [3.05, 3.63) is 60.2 Å². The van der Waals surface area contributed by atoms with Gasteiger partial charge in [-0.3, -0.25) is 14.5 Å². The second-order valence-corrected chi connectivity index (χ2v) is 7.50. The molecular formula is C23H27N3O4. The van der Waals surface area contributed by atoms with E-state index < -0.39 is 17.5 Å². The van der Waals surface area contributed by atoms with Gasteiger partial charge in [0, 0.05) is 11.7 Å². The highest BCUT2D eigenvalue weighted by atomic mass is 16.5. The van der Waals surface area contributed by atoms with Gasteiger partial charge in [0.25, 0.3) is 5.91 Å². The smallest absolute Gasteiger partial charge is 0.325 e. The van der Waals surface area contributed by atoms with Crippen LogP contribution in [0.25, 0.3) is 0 Å². The first-order chi connectivity index (χ1) is 14.3. The predicted octanol–water partition coefficient (Wildman–Crippen LogP) is 3.29. The molecule has 4 amide bonds. The summed E-state index contributed by atoms with van der Waals surface area (Å²) < 4.78 is 5.18. The van der Waals surface area contributed by atoms with Crippen LogP contribution in [0.15, 0.2) is 54.6 Å². The third-order valence-corrected chi connectivity index (χ3v) is 5.40. The lowest BCUT2D eigenvalue weighted by Gasteiger charge is -2.29. The summed E-state index contributed by atoms with van der Waals surface area (Å²) in [6.07, 6.45) is 0.362. The van der Waals surface area contributed by atoms with Crippen molar-refractivity contribution < 1.29 is 19.1 Å². The molecule has 7 heteroatoms. The maximum atomic E-state index is 13.3. The third kappa shape index (κ3) is 3.75. The number of nitrogens with one attached hydrogen (secondary N) is 1. The van der Waals surface area contributed by atoms with Crippen molar-refractivity contribution in [2.75, 3.05) is 18.6 Å². The molecule has 2 aromatic carbocycles. The minimum absolute atomic E-state index is 0.127. The molecule has 0 spiro atoms. The number of nitrogens with zero attached hydrogens (tertiary/aromatic N) is 2. The largest absolute Gasteiger partial charge is 0.497 e. The topological polar surface area (TPSA) is 79.0 Å². The number of rotatable bonds is 7. The van der Waals surface area contributed by atoms with E-state index in [-0.39, 0.29) is 18.5 Å². The Morgan fingerprint density at radius 2 is 1.73 bits per heavy atom. The molecule has 30 heavy (non-hydrogen) atoms. The van der Waals surface area contributed by atoms with E-state index in [1.54, 1.807) is 36.3 Å². The van der Waals surface area contributed by atoms with Crippen molar-refractivity contribution in [2.45, 2.75) is 38.8 Å². The number of benzene rings is 2. The summed E-state index contributed by atoms with van der Waals surface area (Å²) in [5.41, 5.74) is 0.184. The zero-order valence-electron chi connectivity index (χ0n) is 17.7. The van der Waals surface area contributed by atoms with Crippen LogP contribution in [0.2, 0.25) is 0 Å². The molecule has 0 aliphatic carbocycles. The fraction of sp³-hybridized carbons (Fsp3) is 0.348. The van der Waals surface area contributed by atoms with Crippen molar-refractivity contribution in [1.82, 2.24) is 10.2 Å². The zero-order valence-corrected chi connectivity index (χ0v) is 17.7. The highest BCUT2D eigenvalue weighted by molar-refractivity contribution is 6.10. The van der Waals surface area contributed by atoms with E-state index in [2.05, 4.69) is 5.32 Å². The first kappa shape index (κ1) is 21.4. The summed E-state index contributed by atoms with van der Waals surface area (Å²) in [6, 6.07) is 15.5. The summed E-state index contributed by atoms with van der Waals surface area (Å²) >= 11 is 0. The van der Waals surface area contributed by atoms with Crippen LogP contribution in [0, 0.1) is 0 Å². The molecule has 0 saturated carbocycles. The molecule has 1 atom stereocenters. The van der Waals surface area contributed by atoms with E-state index in [9.17, 15) is 14.4 Å². The van der Waals surface area contributed by atoms with E-state index in [1.807, 2.05) is 51.1 Å². The van der Waals surface area contributed by atoms with Crippen molar-refractivity contribution in [1.29, 1.82) is 0 Å². The molecule has 0 radical (unpaired) electrons. The Hall–Kier alpha value is -3.35. The van der Waals surface area contributed by atoms with Crippen LogP contribution in [-0.2, 0) is 15.1 Å². The highest BCUT2D eigenvalue weighted by Crippen LogP contribution is 2.33. The summed E-state index contributed by atoms with van der Waals surface area (Å²) in [5, 5.41) is 2.81. The monoisotopic (exact) mass is 409 g/mol. The number of imide groups is 1. The normalized spacial score (nSPS) is 18.5. The molecule has 1 heterocycles. The Bertz CT molecular complexity index is 927. The molecular weight excluding hydrogens is 382 g/mol. The molecule has 2 aromatic rings. The van der Waals surface area contributed by atoms with Crippen molar-refractivity contribution >= 4 is 23.5 Å². The van der Waals surface area contributed by atoms with Gasteiger partial charge < -0.3 is 15.0 Å². The number of amides is 4. The fourth-order valence-corrected chi connectivity index (χ4v) is 3.81. The van der Waals surface area contributed by atoms with Gasteiger partial charge >= 0.3 is 6.03 Å². The van der Waals surface area contributed by atoms with Gasteiger partial charge in [0.2, 0.25) is 5.91 Å². The molecule has 1 aliphatic rings. The average molecular weight is 409 g/mol. The summed E-state index contributed by atoms with van der Waals surface area (Å²) in [5.74, 6) is -0.0872. The van der Waals surface area contributed by atoms with Gasteiger partial charge in [0.15, 0.2) is 0 Å².